The summed E-state index contributed by atoms with van der Waals surface area (Å²) in [6, 6.07) is 25.5. The Balaban J connectivity index is 1.41. The van der Waals surface area contributed by atoms with Crippen LogP contribution >= 0.6 is 0 Å². The summed E-state index contributed by atoms with van der Waals surface area (Å²) in [5.74, 6) is -0.447. The van der Waals surface area contributed by atoms with Gasteiger partial charge in [0.05, 0.1) is 11.8 Å². The number of hydrogen-bond acceptors (Lipinski definition) is 5. The fourth-order valence-corrected chi connectivity index (χ4v) is 3.28. The third-order valence-corrected chi connectivity index (χ3v) is 4.85. The zero-order valence-corrected chi connectivity index (χ0v) is 17.3. The number of amides is 1. The van der Waals surface area contributed by atoms with Gasteiger partial charge in [-0.25, -0.2) is 5.43 Å². The normalized spacial score (nSPS) is 10.9. The maximum absolute atomic E-state index is 12.4. The number of rotatable bonds is 5. The molecular weight excluding hydrogens is 404 g/mol. The van der Waals surface area contributed by atoms with Crippen molar-refractivity contribution in [2.24, 2.45) is 5.10 Å². The number of phenolic OH excluding ortho intramolecular Hbond substituents is 1. The zero-order chi connectivity index (χ0) is 22.5. The quantitative estimate of drug-likeness (QED) is 0.206. The van der Waals surface area contributed by atoms with Crippen LogP contribution in [-0.2, 0) is 4.79 Å². The van der Waals surface area contributed by atoms with Crippen molar-refractivity contribution in [3.8, 4) is 22.6 Å². The maximum Gasteiger partial charge on any atom is 0.308 e. The third-order valence-electron chi connectivity index (χ3n) is 4.85. The number of esters is 1. The standard InChI is InChI=1S/C26H20N2O4/c1-17(29)32-23-12-10-20(11-13-23)19-8-6-18(7-9-19)16-27-28-26(31)24-14-21-4-2-3-5-22(21)15-25(24)30/h2-16,30H,1H3,(H,28,31). The molecule has 0 fully saturated rings. The van der Waals surface area contributed by atoms with Crippen LogP contribution in [0, 0.1) is 0 Å². The van der Waals surface area contributed by atoms with E-state index in [9.17, 15) is 14.7 Å². The number of nitrogens with zero attached hydrogens (tertiary/aromatic N) is 1. The molecule has 6 nitrogen and oxygen atoms in total. The molecule has 32 heavy (non-hydrogen) atoms. The molecule has 0 saturated carbocycles. The van der Waals surface area contributed by atoms with Crippen molar-refractivity contribution in [1.29, 1.82) is 0 Å². The Bertz CT molecular complexity index is 1310. The van der Waals surface area contributed by atoms with Gasteiger partial charge in [0.2, 0.25) is 0 Å². The van der Waals surface area contributed by atoms with Crippen LogP contribution in [0.4, 0.5) is 0 Å². The maximum atomic E-state index is 12.4. The number of benzene rings is 4. The van der Waals surface area contributed by atoms with Crippen molar-refractivity contribution in [3.05, 3.63) is 96.1 Å². The molecule has 4 aromatic carbocycles. The molecule has 2 N–H and O–H groups in total. The summed E-state index contributed by atoms with van der Waals surface area (Å²) in [6.07, 6.45) is 1.53. The molecular formula is C26H20N2O4. The first-order chi connectivity index (χ1) is 15.5. The predicted octanol–water partition coefficient (Wildman–Crippen LogP) is 4.90. The molecule has 0 radical (unpaired) electrons. The van der Waals surface area contributed by atoms with E-state index in [-0.39, 0.29) is 17.3 Å². The van der Waals surface area contributed by atoms with E-state index in [4.69, 9.17) is 4.74 Å². The lowest BCUT2D eigenvalue weighted by Gasteiger charge is -2.06. The van der Waals surface area contributed by atoms with Crippen LogP contribution in [-0.4, -0.2) is 23.2 Å². The van der Waals surface area contributed by atoms with E-state index in [0.29, 0.717) is 5.75 Å². The number of aromatic hydroxyl groups is 1. The van der Waals surface area contributed by atoms with Gasteiger partial charge in [0, 0.05) is 6.92 Å². The molecule has 0 atom stereocenters. The molecule has 0 aliphatic carbocycles. The second-order valence-electron chi connectivity index (χ2n) is 7.16. The smallest absolute Gasteiger partial charge is 0.308 e. The molecule has 4 rings (SSSR count). The average molecular weight is 424 g/mol. The van der Waals surface area contributed by atoms with Crippen LogP contribution in [0.1, 0.15) is 22.8 Å². The summed E-state index contributed by atoms with van der Waals surface area (Å²) >= 11 is 0. The summed E-state index contributed by atoms with van der Waals surface area (Å²) < 4.78 is 5.04. The molecule has 0 spiro atoms. The van der Waals surface area contributed by atoms with Gasteiger partial charge in [-0.1, -0.05) is 60.7 Å². The van der Waals surface area contributed by atoms with Gasteiger partial charge in [-0.05, 0) is 51.7 Å². The number of nitrogens with one attached hydrogen (secondary N) is 1. The summed E-state index contributed by atoms with van der Waals surface area (Å²) in [4.78, 5) is 23.4. The van der Waals surface area contributed by atoms with Crippen molar-refractivity contribution < 1.29 is 19.4 Å². The van der Waals surface area contributed by atoms with E-state index >= 15 is 0 Å². The van der Waals surface area contributed by atoms with E-state index < -0.39 is 5.91 Å². The fourth-order valence-electron chi connectivity index (χ4n) is 3.28. The Morgan fingerprint density at radius 2 is 1.47 bits per heavy atom. The molecule has 0 aliphatic rings. The number of ether oxygens (including phenoxy) is 1. The van der Waals surface area contributed by atoms with Gasteiger partial charge in [0.15, 0.2) is 0 Å². The van der Waals surface area contributed by atoms with Crippen LogP contribution < -0.4 is 10.2 Å². The number of hydrogen-bond donors (Lipinski definition) is 2. The monoisotopic (exact) mass is 424 g/mol. The van der Waals surface area contributed by atoms with Crippen LogP contribution in [0.2, 0.25) is 0 Å². The van der Waals surface area contributed by atoms with Crippen molar-refractivity contribution in [2.45, 2.75) is 6.92 Å². The first kappa shape index (κ1) is 20.8. The molecule has 0 bridgehead atoms. The van der Waals surface area contributed by atoms with Crippen LogP contribution in [0.3, 0.4) is 0 Å². The SMILES string of the molecule is CC(=O)Oc1ccc(-c2ccc(C=NNC(=O)c3cc4ccccc4cc3O)cc2)cc1. The van der Waals surface area contributed by atoms with Gasteiger partial charge in [0.25, 0.3) is 5.91 Å². The Morgan fingerprint density at radius 3 is 2.09 bits per heavy atom. The summed E-state index contributed by atoms with van der Waals surface area (Å²) in [7, 11) is 0. The molecule has 0 heterocycles. The highest BCUT2D eigenvalue weighted by Gasteiger charge is 2.11. The van der Waals surface area contributed by atoms with Crippen molar-refractivity contribution >= 4 is 28.9 Å². The minimum Gasteiger partial charge on any atom is -0.507 e. The van der Waals surface area contributed by atoms with E-state index in [1.165, 1.54) is 13.1 Å². The van der Waals surface area contributed by atoms with Crippen LogP contribution in [0.25, 0.3) is 21.9 Å². The molecule has 6 heteroatoms. The van der Waals surface area contributed by atoms with Crippen LogP contribution in [0.5, 0.6) is 11.5 Å². The van der Waals surface area contributed by atoms with Crippen molar-refractivity contribution in [2.75, 3.05) is 0 Å². The van der Waals surface area contributed by atoms with Gasteiger partial charge in [0.1, 0.15) is 11.5 Å². The number of carbonyl (C=O) groups is 2. The Labute approximate surface area is 184 Å². The van der Waals surface area contributed by atoms with Crippen molar-refractivity contribution in [3.63, 3.8) is 0 Å². The van der Waals surface area contributed by atoms with Crippen molar-refractivity contribution in [1.82, 2.24) is 5.43 Å². The second kappa shape index (κ2) is 9.14. The minimum atomic E-state index is -0.492. The second-order valence-corrected chi connectivity index (χ2v) is 7.16. The van der Waals surface area contributed by atoms with E-state index in [2.05, 4.69) is 10.5 Å². The van der Waals surface area contributed by atoms with Gasteiger partial charge in [-0.3, -0.25) is 9.59 Å². The highest BCUT2D eigenvalue weighted by atomic mass is 16.5. The number of phenols is 1. The molecule has 158 valence electrons. The lowest BCUT2D eigenvalue weighted by Crippen LogP contribution is -2.17. The summed E-state index contributed by atoms with van der Waals surface area (Å²) in [5, 5.41) is 15.9. The number of hydrazone groups is 1. The van der Waals surface area contributed by atoms with E-state index in [1.54, 1.807) is 24.3 Å². The first-order valence-electron chi connectivity index (χ1n) is 9.94. The first-order valence-corrected chi connectivity index (χ1v) is 9.94. The third kappa shape index (κ3) is 4.82. The Kier molecular flexibility index (Phi) is 5.94. The van der Waals surface area contributed by atoms with Gasteiger partial charge < -0.3 is 9.84 Å². The molecule has 1 amide bonds. The highest BCUT2D eigenvalue weighted by molar-refractivity contribution is 6.01. The van der Waals surface area contributed by atoms with Crippen LogP contribution in [0.15, 0.2) is 90.0 Å². The summed E-state index contributed by atoms with van der Waals surface area (Å²) in [5.41, 5.74) is 5.37. The number of carbonyl (C=O) groups excluding carboxylic acids is 2. The largest absolute Gasteiger partial charge is 0.507 e. The molecule has 0 saturated heterocycles. The predicted molar refractivity (Wildman–Crippen MR) is 124 cm³/mol. The summed E-state index contributed by atoms with van der Waals surface area (Å²) in [6.45, 7) is 1.36. The van der Waals surface area contributed by atoms with Gasteiger partial charge >= 0.3 is 5.97 Å². The Hall–Kier alpha value is -4.45. The molecule has 0 aromatic heterocycles. The fraction of sp³-hybridized carbons (Fsp3) is 0.0385. The average Bonchev–Trinajstić information content (AvgIpc) is 2.79. The van der Waals surface area contributed by atoms with Gasteiger partial charge in [-0.2, -0.15) is 5.10 Å². The van der Waals surface area contributed by atoms with E-state index in [1.807, 2.05) is 60.7 Å². The minimum absolute atomic E-state index is 0.0968. The van der Waals surface area contributed by atoms with E-state index in [0.717, 1.165) is 27.5 Å². The molecule has 4 aromatic rings. The molecule has 0 aliphatic heterocycles. The topological polar surface area (TPSA) is 88.0 Å². The lowest BCUT2D eigenvalue weighted by atomic mass is 10.0. The lowest BCUT2D eigenvalue weighted by molar-refractivity contribution is -0.131. The number of fused-ring (bicyclic) bond motifs is 1. The zero-order valence-electron chi connectivity index (χ0n) is 17.3. The molecule has 0 unspecified atom stereocenters. The Morgan fingerprint density at radius 1 is 0.875 bits per heavy atom. The van der Waals surface area contributed by atoms with Gasteiger partial charge in [-0.15, -0.1) is 0 Å². The highest BCUT2D eigenvalue weighted by Crippen LogP contribution is 2.25.